The molecular weight excluding hydrogens is 565 g/mol. The number of ketones is 1. The molecule has 4 saturated carbocycles. The molecule has 0 bridgehead atoms. The van der Waals surface area contributed by atoms with Gasteiger partial charge in [0.1, 0.15) is 5.60 Å². The number of hydrogen-bond acceptors (Lipinski definition) is 8. The van der Waals surface area contributed by atoms with Gasteiger partial charge < -0.3 is 20.0 Å². The summed E-state index contributed by atoms with van der Waals surface area (Å²) in [5.41, 5.74) is 1.17. The molecule has 1 saturated heterocycles. The number of thiazole rings is 1. The van der Waals surface area contributed by atoms with Crippen molar-refractivity contribution < 1.29 is 19.4 Å². The number of ether oxygens (including phenoxy) is 2. The number of para-hydroxylation sites is 1. The van der Waals surface area contributed by atoms with Gasteiger partial charge in [0.25, 0.3) is 0 Å². The summed E-state index contributed by atoms with van der Waals surface area (Å²) < 4.78 is 16.2. The molecule has 0 amide bonds. The minimum atomic E-state index is -0.851. The highest BCUT2D eigenvalue weighted by Crippen LogP contribution is 2.70. The van der Waals surface area contributed by atoms with E-state index >= 15 is 0 Å². The van der Waals surface area contributed by atoms with Crippen LogP contribution in [0.3, 0.4) is 0 Å². The molecule has 222 valence electrons. The molecule has 6 unspecified atom stereocenters. The van der Waals surface area contributed by atoms with E-state index in [4.69, 9.17) is 14.5 Å². The number of nitrogens with one attached hydrogen (secondary N) is 1. The van der Waals surface area contributed by atoms with Crippen LogP contribution in [0.2, 0.25) is 0 Å². The first-order chi connectivity index (χ1) is 20.2. The van der Waals surface area contributed by atoms with E-state index in [9.17, 15) is 15.3 Å². The van der Waals surface area contributed by atoms with Crippen molar-refractivity contribution in [3.8, 4) is 0 Å². The molecule has 5 fully saturated rings. The molecule has 8 heteroatoms. The maximum Gasteiger partial charge on any atom is 0.178 e. The molecule has 1 aliphatic heterocycles. The fraction of sp³-hybridized carbons (Fsp3) is 0.618. The Kier molecular flexibility index (Phi) is 6.48. The smallest absolute Gasteiger partial charge is 0.178 e. The Bertz CT molecular complexity index is 1480. The Labute approximate surface area is 255 Å². The lowest BCUT2D eigenvalue weighted by atomic mass is 9.46. The second kappa shape index (κ2) is 9.83. The van der Waals surface area contributed by atoms with Crippen LogP contribution in [0.4, 0.5) is 0 Å². The maximum atomic E-state index is 12.3. The van der Waals surface area contributed by atoms with Crippen LogP contribution in [0.15, 0.2) is 52.4 Å². The molecule has 0 spiro atoms. The summed E-state index contributed by atoms with van der Waals surface area (Å²) in [6.45, 7) is 4.51. The van der Waals surface area contributed by atoms with Gasteiger partial charge in [0.2, 0.25) is 0 Å². The monoisotopic (exact) mass is 604 g/mol. The normalized spacial score (nSPS) is 42.7. The van der Waals surface area contributed by atoms with Gasteiger partial charge in [0.05, 0.1) is 28.1 Å². The highest BCUT2D eigenvalue weighted by Gasteiger charge is 2.75. The number of allylic oxidation sites excluding steroid dienone is 4. The molecule has 5 aliphatic carbocycles. The molecule has 1 aromatic heterocycles. The minimum absolute atomic E-state index is 0.0488. The number of carbonyl (C=O) groups excluding carboxylic acids is 1. The molecule has 2 heterocycles. The third-order valence-electron chi connectivity index (χ3n) is 12.1. The Morgan fingerprint density at radius 1 is 1.21 bits per heavy atom. The van der Waals surface area contributed by atoms with Crippen LogP contribution >= 0.6 is 23.1 Å². The van der Waals surface area contributed by atoms with E-state index in [0.29, 0.717) is 23.8 Å². The fourth-order valence-electron chi connectivity index (χ4n) is 10.2. The zero-order valence-corrected chi connectivity index (χ0v) is 26.0. The topological polar surface area (TPSA) is 92.5 Å². The van der Waals surface area contributed by atoms with E-state index in [0.717, 1.165) is 46.7 Å². The Morgan fingerprint density at radius 3 is 2.83 bits per heavy atom. The highest BCUT2D eigenvalue weighted by molar-refractivity contribution is 8.01. The van der Waals surface area contributed by atoms with Gasteiger partial charge in [-0.1, -0.05) is 62.2 Å². The van der Waals surface area contributed by atoms with Crippen LogP contribution in [-0.4, -0.2) is 51.4 Å². The maximum absolute atomic E-state index is 12.3. The van der Waals surface area contributed by atoms with Gasteiger partial charge >= 0.3 is 0 Å². The Hall–Kier alpha value is -1.84. The van der Waals surface area contributed by atoms with Crippen molar-refractivity contribution in [2.45, 2.75) is 93.7 Å². The third-order valence-corrected chi connectivity index (χ3v) is 14.3. The number of hydrogen-bond donors (Lipinski definition) is 2. The molecule has 6 nitrogen and oxygen atoms in total. The van der Waals surface area contributed by atoms with Gasteiger partial charge in [-0.3, -0.25) is 4.79 Å². The van der Waals surface area contributed by atoms with Crippen molar-refractivity contribution in [1.29, 1.82) is 5.41 Å². The number of carbonyl (C=O) groups is 1. The van der Waals surface area contributed by atoms with Gasteiger partial charge in [-0.2, -0.15) is 0 Å². The molecule has 1 aromatic carbocycles. The number of aliphatic hydroxyl groups is 1. The Morgan fingerprint density at radius 2 is 2.02 bits per heavy atom. The summed E-state index contributed by atoms with van der Waals surface area (Å²) in [6, 6.07) is 8.20. The van der Waals surface area contributed by atoms with E-state index in [1.54, 1.807) is 29.2 Å². The van der Waals surface area contributed by atoms with Crippen molar-refractivity contribution in [2.75, 3.05) is 5.75 Å². The number of thioether (sulfide) groups is 1. The second-order valence-corrected chi connectivity index (χ2v) is 16.3. The lowest BCUT2D eigenvalue weighted by Gasteiger charge is -2.60. The van der Waals surface area contributed by atoms with Crippen LogP contribution in [0.25, 0.3) is 10.2 Å². The summed E-state index contributed by atoms with van der Waals surface area (Å²) in [4.78, 5) is 17.1. The number of aromatic nitrogens is 1. The predicted octanol–water partition coefficient (Wildman–Crippen LogP) is 6.97. The summed E-state index contributed by atoms with van der Waals surface area (Å²) in [6.07, 6.45) is 12.5. The van der Waals surface area contributed by atoms with Gasteiger partial charge in [-0.15, -0.1) is 11.3 Å². The number of benzene rings is 1. The zero-order chi connectivity index (χ0) is 28.9. The van der Waals surface area contributed by atoms with Gasteiger partial charge in [-0.25, -0.2) is 4.98 Å². The van der Waals surface area contributed by atoms with Crippen molar-refractivity contribution in [3.05, 3.63) is 48.1 Å². The van der Waals surface area contributed by atoms with E-state index in [1.807, 2.05) is 24.3 Å². The molecule has 8 rings (SSSR count). The lowest BCUT2D eigenvalue weighted by Crippen LogP contribution is -2.63. The van der Waals surface area contributed by atoms with Gasteiger partial charge in [0.15, 0.2) is 16.4 Å². The number of nitrogens with zero attached hydrogens (tertiary/aromatic N) is 1. The van der Waals surface area contributed by atoms with Crippen LogP contribution in [0, 0.1) is 39.9 Å². The Balaban J connectivity index is 1.14. The van der Waals surface area contributed by atoms with Crippen molar-refractivity contribution >= 4 is 44.8 Å². The second-order valence-electron chi connectivity index (χ2n) is 14.1. The zero-order valence-electron chi connectivity index (χ0n) is 24.4. The molecule has 2 N–H and O–H groups in total. The van der Waals surface area contributed by atoms with Crippen LogP contribution in [0.1, 0.15) is 65.2 Å². The predicted molar refractivity (Wildman–Crippen MR) is 166 cm³/mol. The standard InChI is InChI=1S/C34H40N2O4S2/c1-32-14-13-21(37)15-20(32)11-12-22-23-16-28-34(33(23,2)17-25(38)29(22)32,40-30(39-28)19-7-3-4-8-19)27(35)18-41-31-36-24-9-5-6-10-26(24)42-31/h5-6,9-10,13-15,19,22-23,25,28-30,35,38H,3-4,7-8,11-12,16-18H2,1-2H3/t22?,23?,25-,28+,29?,30?,32?,33?,34+/m0/s1. The molecule has 0 radical (unpaired) electrons. The van der Waals surface area contributed by atoms with Crippen molar-refractivity contribution in [1.82, 2.24) is 4.98 Å². The quantitative estimate of drug-likeness (QED) is 0.283. The summed E-state index contributed by atoms with van der Waals surface area (Å²) >= 11 is 3.31. The minimum Gasteiger partial charge on any atom is -0.393 e. The number of aliphatic hydroxyl groups excluding tert-OH is 1. The third kappa shape index (κ3) is 3.84. The summed E-state index contributed by atoms with van der Waals surface area (Å²) in [7, 11) is 0. The summed E-state index contributed by atoms with van der Waals surface area (Å²) in [5, 5.41) is 21.8. The number of fused-ring (bicyclic) bond motifs is 8. The highest BCUT2D eigenvalue weighted by atomic mass is 32.2. The first-order valence-corrected chi connectivity index (χ1v) is 17.5. The first kappa shape index (κ1) is 27.7. The van der Waals surface area contributed by atoms with Crippen molar-refractivity contribution in [2.24, 2.45) is 34.5 Å². The van der Waals surface area contributed by atoms with E-state index in [1.165, 1.54) is 18.4 Å². The van der Waals surface area contributed by atoms with Crippen LogP contribution in [0.5, 0.6) is 0 Å². The average Bonchev–Trinajstić information content (AvgIpc) is 3.75. The molecule has 2 aromatic rings. The fourth-order valence-corrected chi connectivity index (χ4v) is 12.3. The van der Waals surface area contributed by atoms with Crippen LogP contribution in [-0.2, 0) is 14.3 Å². The molecule has 9 atom stereocenters. The average molecular weight is 605 g/mol. The van der Waals surface area contributed by atoms with E-state index in [-0.39, 0.29) is 41.3 Å². The molecular formula is C34H40N2O4S2. The van der Waals surface area contributed by atoms with Gasteiger partial charge in [0, 0.05) is 28.4 Å². The van der Waals surface area contributed by atoms with Crippen LogP contribution < -0.4 is 0 Å². The SMILES string of the molecule is CC12C=CC(=O)C=C1CCC1C2[C@@H](O)CC2(C)C1C[C@H]1OC(C3CCCC3)O[C@]12C(=N)CSc1nc2ccccc2s1. The van der Waals surface area contributed by atoms with E-state index < -0.39 is 17.1 Å². The number of rotatable bonds is 5. The van der Waals surface area contributed by atoms with Gasteiger partial charge in [-0.05, 0) is 74.6 Å². The molecule has 42 heavy (non-hydrogen) atoms. The summed E-state index contributed by atoms with van der Waals surface area (Å²) in [5.74, 6) is 1.54. The lowest BCUT2D eigenvalue weighted by molar-refractivity contribution is -0.186. The largest absolute Gasteiger partial charge is 0.393 e. The van der Waals surface area contributed by atoms with Crippen molar-refractivity contribution in [3.63, 3.8) is 0 Å². The first-order valence-electron chi connectivity index (χ1n) is 15.7. The van der Waals surface area contributed by atoms with E-state index in [2.05, 4.69) is 26.0 Å². The molecule has 6 aliphatic rings.